The molecule has 0 heterocycles. The van der Waals surface area contributed by atoms with Crippen LogP contribution < -0.4 is 10.1 Å². The number of rotatable bonds is 6. The van der Waals surface area contributed by atoms with Gasteiger partial charge in [0.25, 0.3) is 0 Å². The first-order valence-corrected chi connectivity index (χ1v) is 7.42. The van der Waals surface area contributed by atoms with E-state index < -0.39 is 5.82 Å². The molecule has 2 amide bonds. The Morgan fingerprint density at radius 3 is 2.58 bits per heavy atom. The maximum absolute atomic E-state index is 13.7. The minimum Gasteiger partial charge on any atom is -0.497 e. The second-order valence-electron chi connectivity index (χ2n) is 5.25. The summed E-state index contributed by atoms with van der Waals surface area (Å²) in [4.78, 5) is 25.2. The van der Waals surface area contributed by atoms with Gasteiger partial charge in [-0.3, -0.25) is 9.59 Å². The molecule has 1 N–H and O–H groups in total. The molecule has 24 heavy (non-hydrogen) atoms. The van der Waals surface area contributed by atoms with Crippen molar-refractivity contribution in [1.29, 1.82) is 0 Å². The lowest BCUT2D eigenvalue weighted by molar-refractivity contribution is -0.133. The van der Waals surface area contributed by atoms with Crippen LogP contribution in [0.2, 0.25) is 0 Å². The summed E-state index contributed by atoms with van der Waals surface area (Å²) in [6, 6.07) is 13.1. The largest absolute Gasteiger partial charge is 0.497 e. The first-order valence-electron chi connectivity index (χ1n) is 7.42. The average molecular weight is 330 g/mol. The van der Waals surface area contributed by atoms with Gasteiger partial charge in [-0.05, 0) is 18.2 Å². The second-order valence-corrected chi connectivity index (χ2v) is 5.25. The molecule has 0 aliphatic carbocycles. The third-order valence-electron chi connectivity index (χ3n) is 3.45. The zero-order chi connectivity index (χ0) is 17.5. The molecule has 0 saturated heterocycles. The van der Waals surface area contributed by atoms with Gasteiger partial charge < -0.3 is 15.0 Å². The highest BCUT2D eigenvalue weighted by Gasteiger charge is 2.16. The second kappa shape index (κ2) is 8.10. The van der Waals surface area contributed by atoms with Crippen LogP contribution in [0.3, 0.4) is 0 Å². The fourth-order valence-electron chi connectivity index (χ4n) is 2.19. The van der Waals surface area contributed by atoms with E-state index in [0.29, 0.717) is 17.0 Å². The Kier molecular flexibility index (Phi) is 5.89. The Balaban J connectivity index is 2.03. The number of benzene rings is 2. The number of halogens is 1. The lowest BCUT2D eigenvalue weighted by Gasteiger charge is -2.21. The first kappa shape index (κ1) is 17.5. The summed E-state index contributed by atoms with van der Waals surface area (Å²) in [6.45, 7) is 1.22. The van der Waals surface area contributed by atoms with Crippen LogP contribution in [-0.4, -0.2) is 30.4 Å². The third-order valence-corrected chi connectivity index (χ3v) is 3.45. The van der Waals surface area contributed by atoms with E-state index in [1.165, 1.54) is 25.0 Å². The van der Waals surface area contributed by atoms with Crippen molar-refractivity contribution in [3.63, 3.8) is 0 Å². The molecule has 5 nitrogen and oxygen atoms in total. The number of hydrogen-bond acceptors (Lipinski definition) is 3. The molecule has 0 spiro atoms. The monoisotopic (exact) mass is 330 g/mol. The van der Waals surface area contributed by atoms with Crippen molar-refractivity contribution in [2.24, 2.45) is 0 Å². The molecule has 2 aromatic rings. The van der Waals surface area contributed by atoms with Gasteiger partial charge in [-0.15, -0.1) is 0 Å². The fraction of sp³-hybridized carbons (Fsp3) is 0.222. The summed E-state index contributed by atoms with van der Waals surface area (Å²) >= 11 is 0. The highest BCUT2D eigenvalue weighted by atomic mass is 19.1. The van der Waals surface area contributed by atoms with E-state index in [9.17, 15) is 14.0 Å². The van der Waals surface area contributed by atoms with E-state index in [0.717, 1.165) is 0 Å². The molecule has 2 rings (SSSR count). The van der Waals surface area contributed by atoms with Gasteiger partial charge in [0.15, 0.2) is 0 Å². The lowest BCUT2D eigenvalue weighted by Crippen LogP contribution is -2.36. The van der Waals surface area contributed by atoms with Crippen molar-refractivity contribution >= 4 is 17.5 Å². The number of ether oxygens (including phenoxy) is 1. The van der Waals surface area contributed by atoms with E-state index >= 15 is 0 Å². The summed E-state index contributed by atoms with van der Waals surface area (Å²) in [7, 11) is 1.53. The molecule has 0 bridgehead atoms. The molecule has 126 valence electrons. The molecular formula is C18H19FN2O3. The van der Waals surface area contributed by atoms with Gasteiger partial charge in [0.05, 0.1) is 7.11 Å². The number of methoxy groups -OCH3 is 1. The fourth-order valence-corrected chi connectivity index (χ4v) is 2.19. The molecule has 0 fully saturated rings. The molecule has 0 saturated carbocycles. The number of carbonyl (C=O) groups is 2. The van der Waals surface area contributed by atoms with Crippen LogP contribution in [0.5, 0.6) is 5.75 Å². The van der Waals surface area contributed by atoms with E-state index in [2.05, 4.69) is 5.32 Å². The summed E-state index contributed by atoms with van der Waals surface area (Å²) in [5.41, 5.74) is 0.927. The predicted molar refractivity (Wildman–Crippen MR) is 89.1 cm³/mol. The number of nitrogens with zero attached hydrogens (tertiary/aromatic N) is 1. The van der Waals surface area contributed by atoms with E-state index in [1.807, 2.05) is 0 Å². The van der Waals surface area contributed by atoms with E-state index in [1.54, 1.807) is 42.5 Å². The highest BCUT2D eigenvalue weighted by Crippen LogP contribution is 2.17. The lowest BCUT2D eigenvalue weighted by atomic mass is 10.2. The van der Waals surface area contributed by atoms with Gasteiger partial charge in [-0.1, -0.05) is 24.3 Å². The summed E-state index contributed by atoms with van der Waals surface area (Å²) in [5, 5.41) is 2.70. The highest BCUT2D eigenvalue weighted by molar-refractivity contribution is 5.94. The molecule has 0 aromatic heterocycles. The maximum Gasteiger partial charge on any atom is 0.244 e. The van der Waals surface area contributed by atoms with Gasteiger partial charge >= 0.3 is 0 Å². The molecular weight excluding hydrogens is 311 g/mol. The molecule has 6 heteroatoms. The van der Waals surface area contributed by atoms with Gasteiger partial charge in [0, 0.05) is 30.8 Å². The van der Waals surface area contributed by atoms with Crippen molar-refractivity contribution < 1.29 is 18.7 Å². The Hall–Kier alpha value is -2.89. The Bertz CT molecular complexity index is 734. The van der Waals surface area contributed by atoms with Crippen LogP contribution in [0.25, 0.3) is 0 Å². The van der Waals surface area contributed by atoms with Crippen molar-refractivity contribution in [3.8, 4) is 5.75 Å². The van der Waals surface area contributed by atoms with E-state index in [-0.39, 0.29) is 24.9 Å². The van der Waals surface area contributed by atoms with E-state index in [4.69, 9.17) is 4.74 Å². The zero-order valence-corrected chi connectivity index (χ0v) is 13.6. The number of hydrogen-bond donors (Lipinski definition) is 1. The van der Waals surface area contributed by atoms with Gasteiger partial charge in [-0.2, -0.15) is 0 Å². The molecule has 0 aliphatic heterocycles. The van der Waals surface area contributed by atoms with Crippen LogP contribution in [0.1, 0.15) is 12.5 Å². The number of anilines is 1. The third kappa shape index (κ3) is 4.81. The average Bonchev–Trinajstić information content (AvgIpc) is 2.56. The van der Waals surface area contributed by atoms with Crippen molar-refractivity contribution in [2.45, 2.75) is 13.5 Å². The Morgan fingerprint density at radius 2 is 1.92 bits per heavy atom. The van der Waals surface area contributed by atoms with Crippen LogP contribution in [0.15, 0.2) is 48.5 Å². The Labute approximate surface area is 140 Å². The maximum atomic E-state index is 13.7. The summed E-state index contributed by atoms with van der Waals surface area (Å²) < 4.78 is 18.8. The van der Waals surface area contributed by atoms with Gasteiger partial charge in [0.2, 0.25) is 11.8 Å². The SMILES string of the molecule is COc1cccc(NC(=O)CN(Cc2ccccc2F)C(C)=O)c1. The van der Waals surface area contributed by atoms with Crippen molar-refractivity contribution in [1.82, 2.24) is 4.90 Å². The topological polar surface area (TPSA) is 58.6 Å². The molecule has 0 unspecified atom stereocenters. The summed E-state index contributed by atoms with van der Waals surface area (Å²) in [5.74, 6) is -0.464. The van der Waals surface area contributed by atoms with Crippen LogP contribution in [0.4, 0.5) is 10.1 Å². The minimum absolute atomic E-state index is 0.0353. The summed E-state index contributed by atoms with van der Waals surface area (Å²) in [6.07, 6.45) is 0. The molecule has 0 radical (unpaired) electrons. The number of carbonyl (C=O) groups excluding carboxylic acids is 2. The first-order chi connectivity index (χ1) is 11.5. The molecule has 0 aliphatic rings. The van der Waals surface area contributed by atoms with Gasteiger partial charge in [0.1, 0.15) is 18.1 Å². The van der Waals surface area contributed by atoms with Crippen molar-refractivity contribution in [2.75, 3.05) is 19.0 Å². The minimum atomic E-state index is -0.406. The smallest absolute Gasteiger partial charge is 0.244 e. The molecule has 0 atom stereocenters. The number of nitrogens with one attached hydrogen (secondary N) is 1. The number of amides is 2. The standard InChI is InChI=1S/C18H19FN2O3/c1-13(22)21(11-14-6-3-4-9-17(14)19)12-18(23)20-15-7-5-8-16(10-15)24-2/h3-10H,11-12H2,1-2H3,(H,20,23). The zero-order valence-electron chi connectivity index (χ0n) is 13.6. The Morgan fingerprint density at radius 1 is 1.17 bits per heavy atom. The predicted octanol–water partition coefficient (Wildman–Crippen LogP) is 2.82. The van der Waals surface area contributed by atoms with Crippen LogP contribution in [0, 0.1) is 5.82 Å². The molecule has 2 aromatic carbocycles. The van der Waals surface area contributed by atoms with Crippen LogP contribution >= 0.6 is 0 Å². The normalized spacial score (nSPS) is 10.1. The van der Waals surface area contributed by atoms with Gasteiger partial charge in [-0.25, -0.2) is 4.39 Å². The quantitative estimate of drug-likeness (QED) is 0.886. The van der Waals surface area contributed by atoms with Crippen LogP contribution in [-0.2, 0) is 16.1 Å². The van der Waals surface area contributed by atoms with Crippen molar-refractivity contribution in [3.05, 3.63) is 59.9 Å².